The number of ether oxygens (including phenoxy) is 1. The van der Waals surface area contributed by atoms with Crippen molar-refractivity contribution < 1.29 is 4.74 Å². The van der Waals surface area contributed by atoms with Crippen LogP contribution in [-0.4, -0.2) is 12.8 Å². The van der Waals surface area contributed by atoms with E-state index >= 15 is 0 Å². The van der Waals surface area contributed by atoms with Gasteiger partial charge in [-0.25, -0.2) is 4.99 Å². The first-order valence-electron chi connectivity index (χ1n) is 9.87. The smallest absolute Gasteiger partial charge is 0.121 e. The first-order valence-corrected chi connectivity index (χ1v) is 10.6. The van der Waals surface area contributed by atoms with Crippen LogP contribution in [0.15, 0.2) is 95.3 Å². The molecule has 0 saturated heterocycles. The molecule has 0 fully saturated rings. The zero-order valence-corrected chi connectivity index (χ0v) is 18.3. The predicted octanol–water partition coefficient (Wildman–Crippen LogP) is 7.51. The van der Waals surface area contributed by atoms with Crippen LogP contribution < -0.4 is 15.0 Å². The topological polar surface area (TPSA) is 36.9 Å². The normalized spacial score (nSPS) is 14.7. The van der Waals surface area contributed by atoms with E-state index in [4.69, 9.17) is 32.9 Å². The number of fused-ring (bicyclic) bond motifs is 2. The van der Waals surface area contributed by atoms with Crippen molar-refractivity contribution in [1.82, 2.24) is 0 Å². The van der Waals surface area contributed by atoms with Gasteiger partial charge in [0.2, 0.25) is 0 Å². The number of allylic oxidation sites excluding steroid dienone is 2. The molecule has 1 N–H and O–H groups in total. The average Bonchev–Trinajstić information content (AvgIpc) is 2.79. The van der Waals surface area contributed by atoms with Crippen molar-refractivity contribution in [2.45, 2.75) is 6.42 Å². The van der Waals surface area contributed by atoms with Gasteiger partial charge in [0, 0.05) is 39.6 Å². The predicted molar refractivity (Wildman–Crippen MR) is 130 cm³/mol. The van der Waals surface area contributed by atoms with Crippen LogP contribution in [0.3, 0.4) is 0 Å². The van der Waals surface area contributed by atoms with Crippen molar-refractivity contribution in [3.63, 3.8) is 0 Å². The fourth-order valence-electron chi connectivity index (χ4n) is 3.74. The molecule has 31 heavy (non-hydrogen) atoms. The fourth-order valence-corrected chi connectivity index (χ4v) is 3.99. The Morgan fingerprint density at radius 1 is 0.935 bits per heavy atom. The van der Waals surface area contributed by atoms with E-state index in [9.17, 15) is 0 Å². The molecule has 6 heteroatoms. The lowest BCUT2D eigenvalue weighted by Gasteiger charge is -2.34. The van der Waals surface area contributed by atoms with Crippen molar-refractivity contribution in [3.05, 3.63) is 100 Å². The number of anilines is 3. The van der Waals surface area contributed by atoms with Crippen molar-refractivity contribution in [1.29, 1.82) is 0 Å². The quantitative estimate of drug-likeness (QED) is 0.449. The summed E-state index contributed by atoms with van der Waals surface area (Å²) in [4.78, 5) is 7.13. The Morgan fingerprint density at radius 2 is 1.65 bits per heavy atom. The van der Waals surface area contributed by atoms with Gasteiger partial charge in [-0.05, 0) is 66.7 Å². The van der Waals surface area contributed by atoms with Crippen LogP contribution in [0.25, 0.3) is 0 Å². The molecule has 0 aromatic heterocycles. The average molecular weight is 448 g/mol. The number of halogens is 2. The van der Waals surface area contributed by atoms with Gasteiger partial charge in [0.1, 0.15) is 5.75 Å². The van der Waals surface area contributed by atoms with E-state index in [1.807, 2.05) is 66.7 Å². The summed E-state index contributed by atoms with van der Waals surface area (Å²) in [5.74, 6) is 0.786. The SMILES string of the molecule is COc1ccc2c(c1)N(c1ccc(Cl)cc1)C1=CCC(Nc3ccc(Cl)cc3)=CC1=N2. The van der Waals surface area contributed by atoms with E-state index in [1.54, 1.807) is 7.11 Å². The Hall–Kier alpha value is -3.21. The molecule has 1 aliphatic heterocycles. The lowest BCUT2D eigenvalue weighted by molar-refractivity contribution is 0.415. The first-order chi connectivity index (χ1) is 15.1. The van der Waals surface area contributed by atoms with Crippen LogP contribution in [-0.2, 0) is 0 Å². The summed E-state index contributed by atoms with van der Waals surface area (Å²) < 4.78 is 5.46. The molecule has 1 aliphatic carbocycles. The molecule has 3 aromatic carbocycles. The second-order valence-corrected chi connectivity index (χ2v) is 8.13. The van der Waals surface area contributed by atoms with Gasteiger partial charge in [-0.1, -0.05) is 29.3 Å². The molecule has 0 atom stereocenters. The molecule has 0 amide bonds. The van der Waals surface area contributed by atoms with Crippen molar-refractivity contribution >= 4 is 51.7 Å². The number of benzene rings is 3. The summed E-state index contributed by atoms with van der Waals surface area (Å²) >= 11 is 12.1. The standard InChI is InChI=1S/C25H19Cl2N3O/c1-31-21-11-12-22-25(15-21)30(20-9-4-17(27)5-10-20)24-13-8-19(14-23(24)29-22)28-18-6-2-16(26)3-7-18/h2-7,9-15,28H,8H2,1H3. The van der Waals surface area contributed by atoms with Gasteiger partial charge >= 0.3 is 0 Å². The van der Waals surface area contributed by atoms with Gasteiger partial charge in [-0.3, -0.25) is 0 Å². The maximum absolute atomic E-state index is 6.14. The third kappa shape index (κ3) is 3.92. The third-order valence-electron chi connectivity index (χ3n) is 5.23. The molecular formula is C25H19Cl2N3O. The number of rotatable bonds is 4. The number of aliphatic imine (C=N–C) groups is 1. The van der Waals surface area contributed by atoms with Crippen LogP contribution in [0.1, 0.15) is 6.42 Å². The minimum absolute atomic E-state index is 0.701. The Balaban J connectivity index is 1.56. The first kappa shape index (κ1) is 19.7. The molecule has 2 aliphatic rings. The minimum atomic E-state index is 0.701. The van der Waals surface area contributed by atoms with Gasteiger partial charge in [-0.15, -0.1) is 0 Å². The molecule has 5 rings (SSSR count). The molecule has 0 spiro atoms. The van der Waals surface area contributed by atoms with Crippen LogP contribution in [0.4, 0.5) is 22.7 Å². The third-order valence-corrected chi connectivity index (χ3v) is 5.73. The summed E-state index contributed by atoms with van der Waals surface area (Å²) in [6, 6.07) is 21.4. The maximum Gasteiger partial charge on any atom is 0.121 e. The van der Waals surface area contributed by atoms with Crippen molar-refractivity contribution in [2.75, 3.05) is 17.3 Å². The monoisotopic (exact) mass is 447 g/mol. The van der Waals surface area contributed by atoms with E-state index in [1.165, 1.54) is 0 Å². The molecule has 0 bridgehead atoms. The summed E-state index contributed by atoms with van der Waals surface area (Å²) in [5, 5.41) is 4.88. The summed E-state index contributed by atoms with van der Waals surface area (Å²) in [5.41, 5.74) is 6.85. The molecule has 154 valence electrons. The summed E-state index contributed by atoms with van der Waals surface area (Å²) in [6.07, 6.45) is 5.04. The number of methoxy groups -OCH3 is 1. The maximum atomic E-state index is 6.14. The van der Waals surface area contributed by atoms with E-state index < -0.39 is 0 Å². The number of hydrogen-bond donors (Lipinski definition) is 1. The molecule has 0 unspecified atom stereocenters. The minimum Gasteiger partial charge on any atom is -0.497 e. The van der Waals surface area contributed by atoms with E-state index in [0.717, 1.165) is 52.0 Å². The van der Waals surface area contributed by atoms with E-state index in [2.05, 4.69) is 22.4 Å². The highest BCUT2D eigenvalue weighted by molar-refractivity contribution is 6.31. The molecular weight excluding hydrogens is 429 g/mol. The van der Waals surface area contributed by atoms with Crippen LogP contribution in [0.5, 0.6) is 5.75 Å². The number of hydrogen-bond acceptors (Lipinski definition) is 4. The highest BCUT2D eigenvalue weighted by atomic mass is 35.5. The lowest BCUT2D eigenvalue weighted by atomic mass is 10.0. The molecule has 1 heterocycles. The van der Waals surface area contributed by atoms with Gasteiger partial charge in [-0.2, -0.15) is 0 Å². The van der Waals surface area contributed by atoms with E-state index in [-0.39, 0.29) is 0 Å². The zero-order valence-electron chi connectivity index (χ0n) is 16.8. The number of nitrogens with zero attached hydrogens (tertiary/aromatic N) is 2. The molecule has 4 nitrogen and oxygen atoms in total. The highest BCUT2D eigenvalue weighted by Crippen LogP contribution is 2.44. The van der Waals surface area contributed by atoms with Crippen LogP contribution in [0, 0.1) is 0 Å². The lowest BCUT2D eigenvalue weighted by Crippen LogP contribution is -2.27. The van der Waals surface area contributed by atoms with Crippen molar-refractivity contribution in [2.24, 2.45) is 4.99 Å². The largest absolute Gasteiger partial charge is 0.497 e. The Morgan fingerprint density at radius 3 is 2.35 bits per heavy atom. The van der Waals surface area contributed by atoms with E-state index in [0.29, 0.717) is 10.0 Å². The molecule has 0 radical (unpaired) electrons. The number of nitrogens with one attached hydrogen (secondary N) is 1. The van der Waals surface area contributed by atoms with Gasteiger partial charge in [0.05, 0.1) is 29.9 Å². The highest BCUT2D eigenvalue weighted by Gasteiger charge is 2.28. The van der Waals surface area contributed by atoms with Gasteiger partial charge in [0.15, 0.2) is 0 Å². The Kier molecular flexibility index (Phi) is 5.18. The molecule has 0 saturated carbocycles. The van der Waals surface area contributed by atoms with Gasteiger partial charge < -0.3 is 15.0 Å². The molecule has 3 aromatic rings. The Bertz CT molecular complexity index is 1230. The van der Waals surface area contributed by atoms with Gasteiger partial charge in [0.25, 0.3) is 0 Å². The zero-order chi connectivity index (χ0) is 21.4. The summed E-state index contributed by atoms with van der Waals surface area (Å²) in [6.45, 7) is 0. The second kappa shape index (κ2) is 8.14. The van der Waals surface area contributed by atoms with Crippen LogP contribution >= 0.6 is 23.2 Å². The van der Waals surface area contributed by atoms with Crippen molar-refractivity contribution in [3.8, 4) is 5.75 Å². The van der Waals surface area contributed by atoms with Crippen LogP contribution in [0.2, 0.25) is 10.0 Å². The fraction of sp³-hybridized carbons (Fsp3) is 0.0800. The Labute approximate surface area is 191 Å². The summed E-state index contributed by atoms with van der Waals surface area (Å²) in [7, 11) is 1.67. The second-order valence-electron chi connectivity index (χ2n) is 7.26.